The topological polar surface area (TPSA) is 78.8 Å². The van der Waals surface area contributed by atoms with Crippen molar-refractivity contribution in [2.45, 2.75) is 50.4 Å². The molecule has 25 heavy (non-hydrogen) atoms. The van der Waals surface area contributed by atoms with Crippen molar-refractivity contribution in [2.75, 3.05) is 13.1 Å². The van der Waals surface area contributed by atoms with E-state index in [0.717, 1.165) is 30.2 Å². The molecule has 1 aromatic rings. The van der Waals surface area contributed by atoms with E-state index >= 15 is 0 Å². The van der Waals surface area contributed by atoms with Crippen LogP contribution in [0.15, 0.2) is 35.3 Å². The lowest BCUT2D eigenvalue weighted by Gasteiger charge is -2.30. The maximum Gasteiger partial charge on any atom is 0.283 e. The van der Waals surface area contributed by atoms with Gasteiger partial charge in [-0.3, -0.25) is 9.79 Å². The number of piperidine rings is 1. The van der Waals surface area contributed by atoms with Gasteiger partial charge in [-0.1, -0.05) is 30.3 Å². The van der Waals surface area contributed by atoms with Crippen LogP contribution in [0.25, 0.3) is 0 Å². The number of hydrogen-bond donors (Lipinski definition) is 1. The van der Waals surface area contributed by atoms with E-state index < -0.39 is 26.7 Å². The highest BCUT2D eigenvalue weighted by atomic mass is 32.2. The minimum atomic E-state index is -3.85. The Morgan fingerprint density at radius 3 is 2.28 bits per heavy atom. The Hall–Kier alpha value is -1.73. The monoisotopic (exact) mass is 363 g/mol. The number of sulfonamides is 1. The summed E-state index contributed by atoms with van der Waals surface area (Å²) in [4.78, 5) is 17.7. The molecular weight excluding hydrogens is 338 g/mol. The van der Waals surface area contributed by atoms with Crippen LogP contribution in [0.3, 0.4) is 0 Å². The van der Waals surface area contributed by atoms with Crippen LogP contribution < -0.4 is 5.32 Å². The van der Waals surface area contributed by atoms with Crippen molar-refractivity contribution in [1.29, 1.82) is 0 Å². The van der Waals surface area contributed by atoms with E-state index in [1.54, 1.807) is 45.0 Å². The van der Waals surface area contributed by atoms with Crippen molar-refractivity contribution in [3.63, 3.8) is 0 Å². The number of carbonyl (C=O) groups is 1. The Morgan fingerprint density at radius 1 is 1.12 bits per heavy atom. The van der Waals surface area contributed by atoms with Gasteiger partial charge in [0.2, 0.25) is 0 Å². The van der Waals surface area contributed by atoms with Gasteiger partial charge in [0.15, 0.2) is 5.25 Å². The van der Waals surface area contributed by atoms with E-state index in [4.69, 9.17) is 0 Å². The second-order valence-electron chi connectivity index (χ2n) is 7.57. The number of hydrogen-bond acceptors (Lipinski definition) is 5. The van der Waals surface area contributed by atoms with Gasteiger partial charge < -0.3 is 5.32 Å². The van der Waals surface area contributed by atoms with E-state index in [2.05, 4.69) is 10.3 Å². The molecule has 1 atom stereocenters. The summed E-state index contributed by atoms with van der Waals surface area (Å²) in [5.74, 6) is -0.486. The van der Waals surface area contributed by atoms with E-state index in [0.29, 0.717) is 5.56 Å². The number of nitrogens with one attached hydrogen (secondary N) is 1. The number of benzene rings is 1. The second-order valence-corrected chi connectivity index (χ2v) is 9.44. The van der Waals surface area contributed by atoms with Gasteiger partial charge >= 0.3 is 0 Å². The summed E-state index contributed by atoms with van der Waals surface area (Å²) in [5.41, 5.74) is -0.0720. The molecule has 0 aromatic heterocycles. The maximum absolute atomic E-state index is 13.2. The first-order valence-electron chi connectivity index (χ1n) is 8.65. The van der Waals surface area contributed by atoms with Gasteiger partial charge in [-0.05, 0) is 52.3 Å². The third kappa shape index (κ3) is 3.35. The molecule has 0 radical (unpaired) electrons. The second kappa shape index (κ2) is 6.53. The van der Waals surface area contributed by atoms with Crippen LogP contribution in [-0.2, 0) is 14.8 Å². The Bertz CT molecular complexity index is 776. The average Bonchev–Trinajstić information content (AvgIpc) is 2.74. The molecule has 6 nitrogen and oxygen atoms in total. The lowest BCUT2D eigenvalue weighted by Crippen LogP contribution is -2.45. The predicted octanol–water partition coefficient (Wildman–Crippen LogP) is 1.89. The standard InChI is InChI=1S/C18H25N3O3S/c1-18(2,3)21-17(22)15(20-14-9-11-19-12-10-14)16(25(21,23)24)13-7-5-4-6-8-13/h4-8,14,16,19H,9-12H2,1-3H3. The van der Waals surface area contributed by atoms with Crippen LogP contribution in [-0.4, -0.2) is 49.0 Å². The molecule has 2 fully saturated rings. The molecule has 2 heterocycles. The molecule has 2 aliphatic heterocycles. The van der Waals surface area contributed by atoms with Gasteiger partial charge in [0.05, 0.1) is 11.6 Å². The molecule has 1 N–H and O–H groups in total. The van der Waals surface area contributed by atoms with Crippen molar-refractivity contribution in [3.8, 4) is 0 Å². The van der Waals surface area contributed by atoms with Gasteiger partial charge in [0, 0.05) is 0 Å². The fraction of sp³-hybridized carbons (Fsp3) is 0.556. The van der Waals surface area contributed by atoms with E-state index in [1.165, 1.54) is 0 Å². The molecule has 0 spiro atoms. The summed E-state index contributed by atoms with van der Waals surface area (Å²) in [6.07, 6.45) is 1.63. The zero-order chi connectivity index (χ0) is 18.2. The summed E-state index contributed by atoms with van der Waals surface area (Å²) in [5, 5.41) is 2.24. The van der Waals surface area contributed by atoms with Crippen LogP contribution in [0.5, 0.6) is 0 Å². The van der Waals surface area contributed by atoms with Crippen molar-refractivity contribution in [3.05, 3.63) is 35.9 Å². The lowest BCUT2D eigenvalue weighted by atomic mass is 10.0. The Labute approximate surface area is 149 Å². The summed E-state index contributed by atoms with van der Waals surface area (Å²) < 4.78 is 27.4. The molecule has 2 aliphatic rings. The lowest BCUT2D eigenvalue weighted by molar-refractivity contribution is -0.122. The highest BCUT2D eigenvalue weighted by Gasteiger charge is 2.54. The first-order valence-corrected chi connectivity index (χ1v) is 10.1. The number of aliphatic imine (C=N–C) groups is 1. The highest BCUT2D eigenvalue weighted by Crippen LogP contribution is 2.39. The Morgan fingerprint density at radius 2 is 1.72 bits per heavy atom. The maximum atomic E-state index is 13.2. The van der Waals surface area contributed by atoms with Crippen LogP contribution in [0.2, 0.25) is 0 Å². The SMILES string of the molecule is CC(C)(C)N1C(=O)C(=NC2CCNCC2)C(c2ccccc2)S1(=O)=O. The van der Waals surface area contributed by atoms with E-state index in [9.17, 15) is 13.2 Å². The van der Waals surface area contributed by atoms with Crippen molar-refractivity contribution in [1.82, 2.24) is 9.62 Å². The molecule has 1 aromatic carbocycles. The average molecular weight is 363 g/mol. The zero-order valence-electron chi connectivity index (χ0n) is 14.9. The van der Waals surface area contributed by atoms with Gasteiger partial charge in [-0.2, -0.15) is 0 Å². The van der Waals surface area contributed by atoms with Gasteiger partial charge in [-0.25, -0.2) is 12.7 Å². The third-order valence-electron chi connectivity index (χ3n) is 4.55. The number of nitrogens with zero attached hydrogens (tertiary/aromatic N) is 2. The minimum absolute atomic E-state index is 0.0125. The van der Waals surface area contributed by atoms with Gasteiger partial charge in [-0.15, -0.1) is 0 Å². The normalized spacial score (nSPS) is 26.4. The first kappa shape index (κ1) is 18.1. The van der Waals surface area contributed by atoms with Crippen LogP contribution in [0.4, 0.5) is 0 Å². The van der Waals surface area contributed by atoms with Crippen molar-refractivity contribution in [2.24, 2.45) is 4.99 Å². The van der Waals surface area contributed by atoms with Crippen LogP contribution >= 0.6 is 0 Å². The molecular formula is C18H25N3O3S. The number of amides is 1. The summed E-state index contributed by atoms with van der Waals surface area (Å²) in [6.45, 7) is 6.87. The largest absolute Gasteiger partial charge is 0.317 e. The quantitative estimate of drug-likeness (QED) is 0.870. The summed E-state index contributed by atoms with van der Waals surface area (Å²) in [6, 6.07) is 8.90. The summed E-state index contributed by atoms with van der Waals surface area (Å²) in [7, 11) is -3.85. The molecule has 1 unspecified atom stereocenters. The smallest absolute Gasteiger partial charge is 0.283 e. The molecule has 1 amide bonds. The van der Waals surface area contributed by atoms with Gasteiger partial charge in [0.1, 0.15) is 5.71 Å². The van der Waals surface area contributed by atoms with Gasteiger partial charge in [0.25, 0.3) is 15.9 Å². The molecule has 0 saturated carbocycles. The third-order valence-corrected chi connectivity index (χ3v) is 6.86. The van der Waals surface area contributed by atoms with Crippen molar-refractivity contribution >= 4 is 21.6 Å². The Balaban J connectivity index is 2.12. The van der Waals surface area contributed by atoms with Crippen LogP contribution in [0.1, 0.15) is 44.4 Å². The number of rotatable bonds is 2. The number of carbonyl (C=O) groups excluding carboxylic acids is 1. The molecule has 0 aliphatic carbocycles. The van der Waals surface area contributed by atoms with Crippen molar-refractivity contribution < 1.29 is 13.2 Å². The molecule has 0 bridgehead atoms. The van der Waals surface area contributed by atoms with E-state index in [1.807, 2.05) is 6.07 Å². The van der Waals surface area contributed by atoms with Crippen LogP contribution in [0, 0.1) is 0 Å². The predicted molar refractivity (Wildman–Crippen MR) is 98.0 cm³/mol. The molecule has 3 rings (SSSR count). The highest BCUT2D eigenvalue weighted by molar-refractivity contribution is 7.91. The Kier molecular flexibility index (Phi) is 4.72. The minimum Gasteiger partial charge on any atom is -0.317 e. The zero-order valence-corrected chi connectivity index (χ0v) is 15.7. The fourth-order valence-electron chi connectivity index (χ4n) is 3.48. The summed E-state index contributed by atoms with van der Waals surface area (Å²) >= 11 is 0. The van der Waals surface area contributed by atoms with E-state index in [-0.39, 0.29) is 11.8 Å². The molecule has 136 valence electrons. The first-order chi connectivity index (χ1) is 11.7. The fourth-order valence-corrected chi connectivity index (χ4v) is 5.72. The molecule has 2 saturated heterocycles. The molecule has 7 heteroatoms.